The first-order chi connectivity index (χ1) is 12.2. The molecule has 1 aromatic carbocycles. The number of ether oxygens (including phenoxy) is 1. The topological polar surface area (TPSA) is 67.3 Å². The van der Waals surface area contributed by atoms with Gasteiger partial charge in [0.1, 0.15) is 0 Å². The first-order valence-corrected chi connectivity index (χ1v) is 8.25. The van der Waals surface area contributed by atoms with Crippen LogP contribution >= 0.6 is 0 Å². The predicted molar refractivity (Wildman–Crippen MR) is 88.5 cm³/mol. The number of piperidine rings is 1. The van der Waals surface area contributed by atoms with Crippen LogP contribution < -0.4 is 10.1 Å². The molecule has 3 atom stereocenters. The van der Waals surface area contributed by atoms with E-state index in [-0.39, 0.29) is 18.5 Å². The summed E-state index contributed by atoms with van der Waals surface area (Å²) in [5.41, 5.74) is -0.876. The van der Waals surface area contributed by atoms with Crippen molar-refractivity contribution in [2.75, 3.05) is 7.11 Å². The van der Waals surface area contributed by atoms with Crippen molar-refractivity contribution < 1.29 is 23.0 Å². The summed E-state index contributed by atoms with van der Waals surface area (Å²) in [6.07, 6.45) is -3.73. The molecule has 0 radical (unpaired) electrons. The number of hydrogen-bond donors (Lipinski definition) is 2. The maximum atomic E-state index is 12.8. The first kappa shape index (κ1) is 18.6. The fraction of sp³-hybridized carbons (Fsp3) is 0.444. The van der Waals surface area contributed by atoms with Crippen LogP contribution in [0.25, 0.3) is 0 Å². The lowest BCUT2D eigenvalue weighted by Gasteiger charge is -2.41. The van der Waals surface area contributed by atoms with E-state index in [1.54, 1.807) is 12.1 Å². The van der Waals surface area contributed by atoms with Gasteiger partial charge in [-0.25, -0.2) is 0 Å². The number of nitrogens with zero attached hydrogens (tertiary/aromatic N) is 2. The summed E-state index contributed by atoms with van der Waals surface area (Å²) in [5, 5.41) is 22.5. The molecule has 3 rings (SSSR count). The smallest absolute Gasteiger partial charge is 0.416 e. The number of alkyl halides is 3. The summed E-state index contributed by atoms with van der Waals surface area (Å²) < 4.78 is 43.3. The van der Waals surface area contributed by atoms with E-state index in [0.29, 0.717) is 23.6 Å². The molecule has 0 bridgehead atoms. The number of halogens is 3. The van der Waals surface area contributed by atoms with Gasteiger partial charge < -0.3 is 15.2 Å². The summed E-state index contributed by atoms with van der Waals surface area (Å²) in [6, 6.07) is 7.81. The lowest BCUT2D eigenvalue weighted by molar-refractivity contribution is -0.137. The van der Waals surface area contributed by atoms with Gasteiger partial charge >= 0.3 is 6.18 Å². The van der Waals surface area contributed by atoms with Gasteiger partial charge in [0, 0.05) is 18.5 Å². The van der Waals surface area contributed by atoms with E-state index in [0.717, 1.165) is 12.1 Å². The Hall–Kier alpha value is -2.19. The lowest BCUT2D eigenvalue weighted by atomic mass is 9.78. The van der Waals surface area contributed by atoms with Crippen LogP contribution in [0, 0.1) is 0 Å². The Balaban J connectivity index is 1.85. The second-order valence-electron chi connectivity index (χ2n) is 6.64. The van der Waals surface area contributed by atoms with Gasteiger partial charge in [0.15, 0.2) is 0 Å². The van der Waals surface area contributed by atoms with Crippen molar-refractivity contribution in [2.45, 2.75) is 43.6 Å². The second kappa shape index (κ2) is 6.85. The van der Waals surface area contributed by atoms with E-state index >= 15 is 0 Å². The molecule has 0 spiro atoms. The summed E-state index contributed by atoms with van der Waals surface area (Å²) >= 11 is 0. The number of benzene rings is 1. The molecule has 2 aromatic rings. The highest BCUT2D eigenvalue weighted by Crippen LogP contribution is 2.40. The van der Waals surface area contributed by atoms with Crippen LogP contribution in [-0.4, -0.2) is 28.5 Å². The molecule has 0 amide bonds. The normalized spacial score (nSPS) is 26.5. The van der Waals surface area contributed by atoms with Gasteiger partial charge in [0.25, 0.3) is 0 Å². The standard InChI is InChI=1S/C18H20F3N3O2/c1-11-9-17(25,12-3-5-13(6-4-12)18(19,20)21)10-15(22-11)14-7-8-16(26-2)24-23-14/h3-8,11,15,22,25H,9-10H2,1-2H3/t11-,15-,17?/m0/s1. The predicted octanol–water partition coefficient (Wildman–Crippen LogP) is 3.20. The molecule has 2 N–H and O–H groups in total. The van der Waals surface area contributed by atoms with Crippen LogP contribution in [0.15, 0.2) is 36.4 Å². The Morgan fingerprint density at radius 1 is 1.12 bits per heavy atom. The average molecular weight is 367 g/mol. The van der Waals surface area contributed by atoms with Gasteiger partial charge in [-0.2, -0.15) is 18.3 Å². The molecule has 26 heavy (non-hydrogen) atoms. The summed E-state index contributed by atoms with van der Waals surface area (Å²) in [6.45, 7) is 1.91. The van der Waals surface area contributed by atoms with Crippen molar-refractivity contribution in [1.82, 2.24) is 15.5 Å². The largest absolute Gasteiger partial charge is 0.480 e. The van der Waals surface area contributed by atoms with E-state index in [2.05, 4.69) is 15.5 Å². The van der Waals surface area contributed by atoms with Gasteiger partial charge in [-0.05, 0) is 37.1 Å². The van der Waals surface area contributed by atoms with Gasteiger partial charge in [0.05, 0.1) is 30.0 Å². The number of rotatable bonds is 3. The van der Waals surface area contributed by atoms with Gasteiger partial charge in [0.2, 0.25) is 5.88 Å². The van der Waals surface area contributed by atoms with Crippen molar-refractivity contribution in [1.29, 1.82) is 0 Å². The highest BCUT2D eigenvalue weighted by atomic mass is 19.4. The zero-order chi connectivity index (χ0) is 18.9. The minimum Gasteiger partial charge on any atom is -0.480 e. The van der Waals surface area contributed by atoms with Crippen LogP contribution in [-0.2, 0) is 11.8 Å². The van der Waals surface area contributed by atoms with E-state index in [1.807, 2.05) is 6.92 Å². The SMILES string of the molecule is COc1ccc([C@@H]2CC(O)(c3ccc(C(F)(F)F)cc3)C[C@H](C)N2)nn1. The minimum atomic E-state index is -4.40. The Morgan fingerprint density at radius 3 is 2.35 bits per heavy atom. The molecular weight excluding hydrogens is 347 g/mol. The molecule has 1 aliphatic rings. The van der Waals surface area contributed by atoms with Crippen LogP contribution in [0.5, 0.6) is 5.88 Å². The number of nitrogens with one attached hydrogen (secondary N) is 1. The average Bonchev–Trinajstić information content (AvgIpc) is 2.60. The number of methoxy groups -OCH3 is 1. The van der Waals surface area contributed by atoms with Crippen molar-refractivity contribution in [3.05, 3.63) is 53.2 Å². The maximum absolute atomic E-state index is 12.8. The molecule has 1 unspecified atom stereocenters. The van der Waals surface area contributed by atoms with E-state index < -0.39 is 17.3 Å². The zero-order valence-corrected chi connectivity index (χ0v) is 14.4. The van der Waals surface area contributed by atoms with Gasteiger partial charge in [-0.1, -0.05) is 12.1 Å². The molecular formula is C18H20F3N3O2. The third kappa shape index (κ3) is 3.81. The monoisotopic (exact) mass is 367 g/mol. The Bertz CT molecular complexity index is 750. The molecule has 2 heterocycles. The number of aliphatic hydroxyl groups is 1. The van der Waals surface area contributed by atoms with Crippen molar-refractivity contribution in [3.8, 4) is 5.88 Å². The van der Waals surface area contributed by atoms with Crippen molar-refractivity contribution in [3.63, 3.8) is 0 Å². The first-order valence-electron chi connectivity index (χ1n) is 8.25. The van der Waals surface area contributed by atoms with Gasteiger partial charge in [-0.15, -0.1) is 5.10 Å². The molecule has 140 valence electrons. The summed E-state index contributed by atoms with van der Waals surface area (Å²) in [4.78, 5) is 0. The second-order valence-corrected chi connectivity index (χ2v) is 6.64. The third-order valence-electron chi connectivity index (χ3n) is 4.65. The maximum Gasteiger partial charge on any atom is 0.416 e. The molecule has 0 saturated carbocycles. The van der Waals surface area contributed by atoms with Gasteiger partial charge in [-0.3, -0.25) is 0 Å². The van der Waals surface area contributed by atoms with Crippen LogP contribution in [0.1, 0.15) is 42.6 Å². The Labute approximate surface area is 149 Å². The van der Waals surface area contributed by atoms with Crippen molar-refractivity contribution in [2.24, 2.45) is 0 Å². The van der Waals surface area contributed by atoms with Crippen molar-refractivity contribution >= 4 is 0 Å². The molecule has 8 heteroatoms. The third-order valence-corrected chi connectivity index (χ3v) is 4.65. The minimum absolute atomic E-state index is 0.0510. The fourth-order valence-corrected chi connectivity index (χ4v) is 3.41. The van der Waals surface area contributed by atoms with E-state index in [9.17, 15) is 18.3 Å². The summed E-state index contributed by atoms with van der Waals surface area (Å²) in [5.74, 6) is 0.385. The summed E-state index contributed by atoms with van der Waals surface area (Å²) in [7, 11) is 1.49. The highest BCUT2D eigenvalue weighted by molar-refractivity contribution is 5.30. The lowest BCUT2D eigenvalue weighted by Crippen LogP contribution is -2.47. The Morgan fingerprint density at radius 2 is 1.81 bits per heavy atom. The van der Waals surface area contributed by atoms with E-state index in [1.165, 1.54) is 19.2 Å². The van der Waals surface area contributed by atoms with E-state index in [4.69, 9.17) is 4.74 Å². The zero-order valence-electron chi connectivity index (χ0n) is 14.4. The quantitative estimate of drug-likeness (QED) is 0.872. The molecule has 1 aliphatic heterocycles. The van der Waals surface area contributed by atoms with Crippen LogP contribution in [0.2, 0.25) is 0 Å². The molecule has 1 fully saturated rings. The number of hydrogen-bond acceptors (Lipinski definition) is 5. The Kier molecular flexibility index (Phi) is 4.90. The van der Waals surface area contributed by atoms with Crippen LogP contribution in [0.4, 0.5) is 13.2 Å². The van der Waals surface area contributed by atoms with Crippen LogP contribution in [0.3, 0.4) is 0 Å². The molecule has 5 nitrogen and oxygen atoms in total. The molecule has 0 aliphatic carbocycles. The highest BCUT2D eigenvalue weighted by Gasteiger charge is 2.40. The fourth-order valence-electron chi connectivity index (χ4n) is 3.41. The molecule has 1 saturated heterocycles. The number of aromatic nitrogens is 2. The molecule has 1 aromatic heterocycles.